The number of hydrogen-bond acceptors (Lipinski definition) is 1. The summed E-state index contributed by atoms with van der Waals surface area (Å²) in [7, 11) is 2.06. The number of likely N-dealkylation sites (N-methyl/N-ethyl adjacent to an activating group) is 1. The van der Waals surface area contributed by atoms with Gasteiger partial charge in [0.05, 0.1) is 6.04 Å². The summed E-state index contributed by atoms with van der Waals surface area (Å²) in [5.74, 6) is 0. The number of halogens is 1. The monoisotopic (exact) mass is 231 g/mol. The molecule has 0 spiro atoms. The fourth-order valence-electron chi connectivity index (χ4n) is 1.61. The number of rotatable bonds is 2. The molecule has 1 aliphatic rings. The van der Waals surface area contributed by atoms with Crippen LogP contribution in [0.15, 0.2) is 54.8 Å². The van der Waals surface area contributed by atoms with E-state index in [0.717, 1.165) is 10.6 Å². The van der Waals surface area contributed by atoms with E-state index in [1.54, 1.807) is 0 Å². The maximum atomic E-state index is 6.08. The molecule has 82 valence electrons. The van der Waals surface area contributed by atoms with Crippen LogP contribution in [0.1, 0.15) is 5.56 Å². The Balaban J connectivity index is 2.13. The third-order valence-electron chi connectivity index (χ3n) is 2.59. The van der Waals surface area contributed by atoms with Gasteiger partial charge in [-0.25, -0.2) is 0 Å². The standard InChI is InChI=1S/C14H14ClN/c1-16-11-5-4-7-13(16)10-9-12-6-2-3-8-14(12)15/h2-11,13H,1H3/b10-9+. The van der Waals surface area contributed by atoms with Crippen molar-refractivity contribution >= 4 is 17.7 Å². The van der Waals surface area contributed by atoms with Gasteiger partial charge in [-0.1, -0.05) is 54.1 Å². The average molecular weight is 232 g/mol. The molecular formula is C14H14ClN. The van der Waals surface area contributed by atoms with Crippen molar-refractivity contribution in [3.63, 3.8) is 0 Å². The number of allylic oxidation sites excluding steroid dienone is 2. The molecule has 0 aliphatic carbocycles. The molecule has 1 aromatic rings. The zero-order chi connectivity index (χ0) is 11.4. The summed E-state index contributed by atoms with van der Waals surface area (Å²) in [5, 5.41) is 0.789. The van der Waals surface area contributed by atoms with Crippen molar-refractivity contribution in [1.29, 1.82) is 0 Å². The second-order valence-electron chi connectivity index (χ2n) is 3.76. The van der Waals surface area contributed by atoms with Gasteiger partial charge in [-0.15, -0.1) is 0 Å². The molecule has 16 heavy (non-hydrogen) atoms. The van der Waals surface area contributed by atoms with E-state index < -0.39 is 0 Å². The van der Waals surface area contributed by atoms with Crippen LogP contribution in [0.3, 0.4) is 0 Å². The number of hydrogen-bond donors (Lipinski definition) is 0. The van der Waals surface area contributed by atoms with E-state index in [9.17, 15) is 0 Å². The Labute approximate surface area is 101 Å². The van der Waals surface area contributed by atoms with E-state index in [1.165, 1.54) is 0 Å². The van der Waals surface area contributed by atoms with Crippen LogP contribution >= 0.6 is 11.6 Å². The van der Waals surface area contributed by atoms with Gasteiger partial charge < -0.3 is 4.90 Å². The lowest BCUT2D eigenvalue weighted by atomic mass is 10.1. The minimum atomic E-state index is 0.307. The Hall–Kier alpha value is -1.47. The van der Waals surface area contributed by atoms with Gasteiger partial charge in [0.1, 0.15) is 0 Å². The highest BCUT2D eigenvalue weighted by molar-refractivity contribution is 6.32. The molecule has 0 fully saturated rings. The molecule has 1 heterocycles. The highest BCUT2D eigenvalue weighted by Crippen LogP contribution is 2.17. The molecule has 0 amide bonds. The van der Waals surface area contributed by atoms with E-state index >= 15 is 0 Å². The van der Waals surface area contributed by atoms with Crippen molar-refractivity contribution in [2.24, 2.45) is 0 Å². The minimum absolute atomic E-state index is 0.307. The summed E-state index contributed by atoms with van der Waals surface area (Å²) in [5.41, 5.74) is 1.06. The van der Waals surface area contributed by atoms with Crippen LogP contribution in [0.2, 0.25) is 5.02 Å². The van der Waals surface area contributed by atoms with Crippen molar-refractivity contribution in [2.45, 2.75) is 6.04 Å². The summed E-state index contributed by atoms with van der Waals surface area (Å²) in [6.07, 6.45) is 12.5. The lowest BCUT2D eigenvalue weighted by molar-refractivity contribution is 0.434. The Bertz CT molecular complexity index is 446. The van der Waals surface area contributed by atoms with Crippen molar-refractivity contribution in [3.8, 4) is 0 Å². The van der Waals surface area contributed by atoms with E-state index in [1.807, 2.05) is 30.3 Å². The predicted molar refractivity (Wildman–Crippen MR) is 70.3 cm³/mol. The minimum Gasteiger partial charge on any atom is -0.371 e. The van der Waals surface area contributed by atoms with Crippen molar-refractivity contribution in [1.82, 2.24) is 4.90 Å². The van der Waals surface area contributed by atoms with Gasteiger partial charge in [0, 0.05) is 12.1 Å². The van der Waals surface area contributed by atoms with Crippen LogP contribution in [-0.4, -0.2) is 18.0 Å². The lowest BCUT2D eigenvalue weighted by Gasteiger charge is -2.23. The molecule has 2 heteroatoms. The highest BCUT2D eigenvalue weighted by atomic mass is 35.5. The molecule has 1 nitrogen and oxygen atoms in total. The van der Waals surface area contributed by atoms with Crippen LogP contribution in [0.5, 0.6) is 0 Å². The highest BCUT2D eigenvalue weighted by Gasteiger charge is 2.05. The van der Waals surface area contributed by atoms with Gasteiger partial charge in [0.15, 0.2) is 0 Å². The summed E-state index contributed by atoms with van der Waals surface area (Å²) < 4.78 is 0. The summed E-state index contributed by atoms with van der Waals surface area (Å²) in [6, 6.07) is 8.16. The van der Waals surface area contributed by atoms with E-state index in [-0.39, 0.29) is 0 Å². The van der Waals surface area contributed by atoms with Gasteiger partial charge in [-0.05, 0) is 23.9 Å². The van der Waals surface area contributed by atoms with Gasteiger partial charge in [0.2, 0.25) is 0 Å². The Morgan fingerprint density at radius 2 is 2.06 bits per heavy atom. The van der Waals surface area contributed by atoms with Crippen molar-refractivity contribution < 1.29 is 0 Å². The number of benzene rings is 1. The normalized spacial score (nSPS) is 19.6. The molecule has 0 saturated heterocycles. The number of nitrogens with zero attached hydrogens (tertiary/aromatic N) is 1. The summed E-state index contributed by atoms with van der Waals surface area (Å²) in [6.45, 7) is 0. The zero-order valence-electron chi connectivity index (χ0n) is 9.18. The topological polar surface area (TPSA) is 3.24 Å². The van der Waals surface area contributed by atoms with Gasteiger partial charge in [0.25, 0.3) is 0 Å². The molecule has 0 bridgehead atoms. The maximum absolute atomic E-state index is 6.08. The molecule has 1 aliphatic heterocycles. The quantitative estimate of drug-likeness (QED) is 0.750. The molecule has 1 unspecified atom stereocenters. The first kappa shape index (κ1) is 11.0. The second-order valence-corrected chi connectivity index (χ2v) is 4.17. The van der Waals surface area contributed by atoms with Gasteiger partial charge >= 0.3 is 0 Å². The molecule has 0 N–H and O–H groups in total. The van der Waals surface area contributed by atoms with Crippen LogP contribution in [-0.2, 0) is 0 Å². The van der Waals surface area contributed by atoms with Crippen LogP contribution in [0.4, 0.5) is 0 Å². The first-order chi connectivity index (χ1) is 7.77. The molecule has 2 rings (SSSR count). The largest absolute Gasteiger partial charge is 0.371 e. The third kappa shape index (κ3) is 2.56. The van der Waals surface area contributed by atoms with Crippen LogP contribution < -0.4 is 0 Å². The molecule has 0 saturated carbocycles. The van der Waals surface area contributed by atoms with E-state index in [4.69, 9.17) is 11.6 Å². The third-order valence-corrected chi connectivity index (χ3v) is 2.93. The second kappa shape index (κ2) is 5.04. The molecular weight excluding hydrogens is 218 g/mol. The zero-order valence-corrected chi connectivity index (χ0v) is 9.93. The fraction of sp³-hybridized carbons (Fsp3) is 0.143. The van der Waals surface area contributed by atoms with Crippen LogP contribution in [0.25, 0.3) is 6.08 Å². The SMILES string of the molecule is CN1C=CC=CC1/C=C/c1ccccc1Cl. The molecule has 1 atom stereocenters. The predicted octanol–water partition coefficient (Wildman–Crippen LogP) is 3.74. The first-order valence-corrected chi connectivity index (χ1v) is 5.65. The lowest BCUT2D eigenvalue weighted by Crippen LogP contribution is -2.24. The first-order valence-electron chi connectivity index (χ1n) is 5.27. The summed E-state index contributed by atoms with van der Waals surface area (Å²) >= 11 is 6.08. The van der Waals surface area contributed by atoms with Crippen molar-refractivity contribution in [3.05, 3.63) is 65.4 Å². The van der Waals surface area contributed by atoms with Crippen LogP contribution in [0, 0.1) is 0 Å². The average Bonchev–Trinajstić information content (AvgIpc) is 2.30. The molecule has 0 aromatic heterocycles. The van der Waals surface area contributed by atoms with E-state index in [2.05, 4.69) is 42.5 Å². The maximum Gasteiger partial charge on any atom is 0.0654 e. The van der Waals surface area contributed by atoms with Crippen molar-refractivity contribution in [2.75, 3.05) is 7.05 Å². The summed E-state index contributed by atoms with van der Waals surface area (Å²) in [4.78, 5) is 2.15. The van der Waals surface area contributed by atoms with Gasteiger partial charge in [-0.2, -0.15) is 0 Å². The van der Waals surface area contributed by atoms with Gasteiger partial charge in [-0.3, -0.25) is 0 Å². The molecule has 0 radical (unpaired) electrons. The molecule has 1 aromatic carbocycles. The van der Waals surface area contributed by atoms with E-state index in [0.29, 0.717) is 6.04 Å². The Morgan fingerprint density at radius 3 is 2.81 bits per heavy atom. The Kier molecular flexibility index (Phi) is 3.47. The smallest absolute Gasteiger partial charge is 0.0654 e. The fourth-order valence-corrected chi connectivity index (χ4v) is 1.81. The Morgan fingerprint density at radius 1 is 1.25 bits per heavy atom.